The first-order valence-corrected chi connectivity index (χ1v) is 10.5. The maximum absolute atomic E-state index is 9.62. The molecule has 0 bridgehead atoms. The minimum Gasteiger partial charge on any atom is -0.508 e. The van der Waals surface area contributed by atoms with Crippen LogP contribution in [0.3, 0.4) is 0 Å². The van der Waals surface area contributed by atoms with Gasteiger partial charge in [0.05, 0.1) is 0 Å². The van der Waals surface area contributed by atoms with Crippen molar-refractivity contribution in [1.29, 1.82) is 0 Å². The maximum atomic E-state index is 9.62. The zero-order chi connectivity index (χ0) is 18.1. The summed E-state index contributed by atoms with van der Waals surface area (Å²) in [6, 6.07) is 15.3. The number of phenolic OH excluding ortho intramolecular Hbond substituents is 2. The number of phenols is 2. The van der Waals surface area contributed by atoms with Crippen molar-refractivity contribution in [2.75, 3.05) is 11.5 Å². The topological polar surface area (TPSA) is 40.5 Å². The van der Waals surface area contributed by atoms with Crippen molar-refractivity contribution in [3.8, 4) is 11.5 Å². The van der Waals surface area contributed by atoms with E-state index < -0.39 is 0 Å². The van der Waals surface area contributed by atoms with E-state index in [1.54, 1.807) is 24.3 Å². The Morgan fingerprint density at radius 2 is 1.28 bits per heavy atom. The molecule has 0 saturated heterocycles. The summed E-state index contributed by atoms with van der Waals surface area (Å²) in [6.45, 7) is 4.47. The second-order valence-electron chi connectivity index (χ2n) is 6.56. The van der Waals surface area contributed by atoms with E-state index in [4.69, 9.17) is 0 Å². The standard InChI is InChI=1S/C22H30O2S/c1-3-5-15-25-16-14-22(18-8-12-20(24)13-9-18)21(4-2)17-6-10-19(23)11-7-17/h6-13,21-24H,3-5,14-16H2,1-2H3. The van der Waals surface area contributed by atoms with E-state index in [1.165, 1.54) is 29.7 Å². The lowest BCUT2D eigenvalue weighted by Gasteiger charge is -2.27. The van der Waals surface area contributed by atoms with Gasteiger partial charge in [-0.25, -0.2) is 0 Å². The van der Waals surface area contributed by atoms with Crippen molar-refractivity contribution in [3.63, 3.8) is 0 Å². The van der Waals surface area contributed by atoms with Crippen molar-refractivity contribution in [1.82, 2.24) is 0 Å². The highest BCUT2D eigenvalue weighted by Crippen LogP contribution is 2.39. The Morgan fingerprint density at radius 1 is 0.760 bits per heavy atom. The molecule has 25 heavy (non-hydrogen) atoms. The van der Waals surface area contributed by atoms with Gasteiger partial charge in [0.1, 0.15) is 11.5 Å². The molecule has 0 aliphatic carbocycles. The molecule has 2 N–H and O–H groups in total. The van der Waals surface area contributed by atoms with E-state index in [0.717, 1.165) is 18.6 Å². The summed E-state index contributed by atoms with van der Waals surface area (Å²) in [7, 11) is 0. The van der Waals surface area contributed by atoms with E-state index in [2.05, 4.69) is 26.0 Å². The summed E-state index contributed by atoms with van der Waals surface area (Å²) in [5.74, 6) is 3.85. The molecule has 0 radical (unpaired) electrons. The molecule has 0 spiro atoms. The van der Waals surface area contributed by atoms with Crippen LogP contribution >= 0.6 is 11.8 Å². The summed E-state index contributed by atoms with van der Waals surface area (Å²) in [5, 5.41) is 19.2. The van der Waals surface area contributed by atoms with Gasteiger partial charge in [0.15, 0.2) is 0 Å². The number of aromatic hydroxyl groups is 2. The van der Waals surface area contributed by atoms with Crippen LogP contribution in [0.4, 0.5) is 0 Å². The number of hydrogen-bond acceptors (Lipinski definition) is 3. The number of rotatable bonds is 10. The summed E-state index contributed by atoms with van der Waals surface area (Å²) in [5.41, 5.74) is 2.56. The van der Waals surface area contributed by atoms with Crippen molar-refractivity contribution < 1.29 is 10.2 Å². The lowest BCUT2D eigenvalue weighted by molar-refractivity contribution is 0.470. The highest BCUT2D eigenvalue weighted by atomic mass is 32.2. The Hall–Kier alpha value is -1.61. The molecule has 0 aliphatic heterocycles. The number of unbranched alkanes of at least 4 members (excludes halogenated alkanes) is 1. The van der Waals surface area contributed by atoms with Crippen molar-refractivity contribution in [2.24, 2.45) is 0 Å². The monoisotopic (exact) mass is 358 g/mol. The fraction of sp³-hybridized carbons (Fsp3) is 0.455. The van der Waals surface area contributed by atoms with Gasteiger partial charge in [-0.1, -0.05) is 44.5 Å². The van der Waals surface area contributed by atoms with Gasteiger partial charge in [-0.3, -0.25) is 0 Å². The number of thioether (sulfide) groups is 1. The third-order valence-corrected chi connectivity index (χ3v) is 5.89. The van der Waals surface area contributed by atoms with Crippen LogP contribution < -0.4 is 0 Å². The molecule has 2 nitrogen and oxygen atoms in total. The normalized spacial score (nSPS) is 13.5. The first kappa shape index (κ1) is 19.7. The van der Waals surface area contributed by atoms with Crippen molar-refractivity contribution in [2.45, 2.75) is 51.4 Å². The highest BCUT2D eigenvalue weighted by molar-refractivity contribution is 7.99. The third-order valence-electron chi connectivity index (χ3n) is 4.78. The quantitative estimate of drug-likeness (QED) is 0.490. The molecule has 2 aromatic rings. The van der Waals surface area contributed by atoms with Gasteiger partial charge < -0.3 is 10.2 Å². The molecule has 3 heteroatoms. The first-order chi connectivity index (χ1) is 12.2. The van der Waals surface area contributed by atoms with Crippen LogP contribution in [0.5, 0.6) is 11.5 Å². The van der Waals surface area contributed by atoms with E-state index in [-0.39, 0.29) is 0 Å². The maximum Gasteiger partial charge on any atom is 0.115 e. The largest absolute Gasteiger partial charge is 0.508 e. The van der Waals surface area contributed by atoms with Gasteiger partial charge >= 0.3 is 0 Å². The van der Waals surface area contributed by atoms with Gasteiger partial charge in [-0.15, -0.1) is 0 Å². The Balaban J connectivity index is 2.18. The van der Waals surface area contributed by atoms with Crippen molar-refractivity contribution >= 4 is 11.8 Å². The average Bonchev–Trinajstić information content (AvgIpc) is 2.63. The van der Waals surface area contributed by atoms with Crippen LogP contribution in [0.1, 0.15) is 62.5 Å². The summed E-state index contributed by atoms with van der Waals surface area (Å²) >= 11 is 2.04. The lowest BCUT2D eigenvalue weighted by Crippen LogP contribution is -2.12. The van der Waals surface area contributed by atoms with Gasteiger partial charge in [0, 0.05) is 0 Å². The molecule has 136 valence electrons. The molecule has 0 saturated carbocycles. The van der Waals surface area contributed by atoms with Crippen LogP contribution in [0.2, 0.25) is 0 Å². The zero-order valence-electron chi connectivity index (χ0n) is 15.3. The minimum absolute atomic E-state index is 0.315. The Kier molecular flexibility index (Phi) is 8.20. The van der Waals surface area contributed by atoms with Crippen molar-refractivity contribution in [3.05, 3.63) is 59.7 Å². The second-order valence-corrected chi connectivity index (χ2v) is 7.78. The molecule has 2 atom stereocenters. The van der Waals surface area contributed by atoms with Gasteiger partial charge in [0.2, 0.25) is 0 Å². The average molecular weight is 359 g/mol. The molecular weight excluding hydrogens is 328 g/mol. The third kappa shape index (κ3) is 6.00. The molecule has 2 rings (SSSR count). The molecule has 0 fully saturated rings. The van der Waals surface area contributed by atoms with E-state index in [0.29, 0.717) is 23.3 Å². The van der Waals surface area contributed by atoms with E-state index in [1.807, 2.05) is 23.9 Å². The fourth-order valence-corrected chi connectivity index (χ4v) is 4.47. The van der Waals surface area contributed by atoms with Gasteiger partial charge in [0.25, 0.3) is 0 Å². The highest BCUT2D eigenvalue weighted by Gasteiger charge is 2.23. The van der Waals surface area contributed by atoms with Crippen LogP contribution in [0.15, 0.2) is 48.5 Å². The Labute approximate surface area is 156 Å². The SMILES string of the molecule is CCCCSCCC(c1ccc(O)cc1)C(CC)c1ccc(O)cc1. The molecule has 2 unspecified atom stereocenters. The number of hydrogen-bond donors (Lipinski definition) is 2. The molecule has 0 aliphatic rings. The van der Waals surface area contributed by atoms with Gasteiger partial charge in [-0.2, -0.15) is 11.8 Å². The second kappa shape index (κ2) is 10.4. The predicted octanol–water partition coefficient (Wildman–Crippen LogP) is 6.30. The summed E-state index contributed by atoms with van der Waals surface area (Å²) < 4.78 is 0. The predicted molar refractivity (Wildman–Crippen MR) is 109 cm³/mol. The van der Waals surface area contributed by atoms with Crippen LogP contribution in [0.25, 0.3) is 0 Å². The van der Waals surface area contributed by atoms with E-state index in [9.17, 15) is 10.2 Å². The van der Waals surface area contributed by atoms with Crippen LogP contribution in [-0.4, -0.2) is 21.7 Å². The molecule has 2 aromatic carbocycles. The van der Waals surface area contributed by atoms with Crippen LogP contribution in [-0.2, 0) is 0 Å². The summed E-state index contributed by atoms with van der Waals surface area (Å²) in [4.78, 5) is 0. The fourth-order valence-electron chi connectivity index (χ4n) is 3.35. The minimum atomic E-state index is 0.315. The van der Waals surface area contributed by atoms with Gasteiger partial charge in [-0.05, 0) is 78.0 Å². The lowest BCUT2D eigenvalue weighted by atomic mass is 9.78. The summed E-state index contributed by atoms with van der Waals surface area (Å²) in [6.07, 6.45) is 4.71. The molecule has 0 aromatic heterocycles. The molecule has 0 amide bonds. The first-order valence-electron chi connectivity index (χ1n) is 9.31. The smallest absolute Gasteiger partial charge is 0.115 e. The zero-order valence-corrected chi connectivity index (χ0v) is 16.1. The Morgan fingerprint density at radius 3 is 1.76 bits per heavy atom. The number of benzene rings is 2. The Bertz CT molecular complexity index is 607. The van der Waals surface area contributed by atoms with E-state index >= 15 is 0 Å². The molecule has 0 heterocycles. The van der Waals surface area contributed by atoms with Crippen LogP contribution in [0, 0.1) is 0 Å². The molecular formula is C22H30O2S.